The van der Waals surface area contributed by atoms with E-state index in [0.717, 1.165) is 30.6 Å². The van der Waals surface area contributed by atoms with E-state index in [9.17, 15) is 0 Å². The number of alkyl halides is 1. The minimum absolute atomic E-state index is 0.298. The van der Waals surface area contributed by atoms with Gasteiger partial charge in [0.2, 0.25) is 0 Å². The van der Waals surface area contributed by atoms with Crippen molar-refractivity contribution in [2.75, 3.05) is 13.2 Å². The van der Waals surface area contributed by atoms with Gasteiger partial charge in [-0.15, -0.1) is 0 Å². The molecule has 3 rings (SSSR count). The molecule has 7 heteroatoms. The molecule has 0 saturated carbocycles. The van der Waals surface area contributed by atoms with Crippen LogP contribution in [0.5, 0.6) is 5.75 Å². The molecule has 0 N–H and O–H groups in total. The topological polar surface area (TPSA) is 36.3 Å². The van der Waals surface area contributed by atoms with E-state index in [1.807, 2.05) is 59.3 Å². The summed E-state index contributed by atoms with van der Waals surface area (Å²) in [4.78, 5) is 4.07. The first kappa shape index (κ1) is 22.0. The van der Waals surface area contributed by atoms with Gasteiger partial charge >= 0.3 is 0 Å². The number of unbranched alkanes of at least 4 members (excludes halogenated alkanes) is 2. The van der Waals surface area contributed by atoms with Gasteiger partial charge in [-0.25, -0.2) is 4.98 Å². The number of halogens is 3. The number of aromatic nitrogens is 2. The SMILES string of the molecule is Clc1ccc(OCCCCCOC(c2ccc(Cl)cc2)C(Cl)n2ccnc2)cc1. The fraction of sp³-hybridized carbons (Fsp3) is 0.318. The molecule has 0 radical (unpaired) electrons. The van der Waals surface area contributed by atoms with Crippen molar-refractivity contribution in [1.82, 2.24) is 9.55 Å². The standard InChI is InChI=1S/C22H23Cl3N2O2/c23-18-6-4-17(5-7-18)21(22(25)27-13-12-26-16-27)29-15-3-1-2-14-28-20-10-8-19(24)9-11-20/h4-13,16,21-22H,1-3,14-15H2. The molecular formula is C22H23Cl3N2O2. The first-order valence-electron chi connectivity index (χ1n) is 9.50. The third-order valence-electron chi connectivity index (χ3n) is 4.43. The van der Waals surface area contributed by atoms with E-state index >= 15 is 0 Å². The number of nitrogens with zero attached hydrogens (tertiary/aromatic N) is 2. The highest BCUT2D eigenvalue weighted by atomic mass is 35.5. The zero-order valence-corrected chi connectivity index (χ0v) is 18.2. The predicted molar refractivity (Wildman–Crippen MR) is 118 cm³/mol. The minimum atomic E-state index is -0.396. The Labute approximate surface area is 186 Å². The molecule has 0 aliphatic carbocycles. The Morgan fingerprint density at radius 1 is 0.862 bits per heavy atom. The molecule has 3 aromatic rings. The molecule has 2 aromatic carbocycles. The highest BCUT2D eigenvalue weighted by Crippen LogP contribution is 2.34. The zero-order valence-electron chi connectivity index (χ0n) is 15.9. The largest absolute Gasteiger partial charge is 0.494 e. The van der Waals surface area contributed by atoms with Crippen LogP contribution in [0.4, 0.5) is 0 Å². The minimum Gasteiger partial charge on any atom is -0.494 e. The summed E-state index contributed by atoms with van der Waals surface area (Å²) >= 11 is 18.6. The Balaban J connectivity index is 1.44. The quantitative estimate of drug-likeness (QED) is 0.233. The normalized spacial score (nSPS) is 13.2. The predicted octanol–water partition coefficient (Wildman–Crippen LogP) is 6.93. The molecule has 0 spiro atoms. The van der Waals surface area contributed by atoms with Gasteiger partial charge in [0.25, 0.3) is 0 Å². The van der Waals surface area contributed by atoms with Gasteiger partial charge in [0.15, 0.2) is 0 Å². The second-order valence-electron chi connectivity index (χ2n) is 6.59. The third-order valence-corrected chi connectivity index (χ3v) is 5.38. The summed E-state index contributed by atoms with van der Waals surface area (Å²) in [5, 5.41) is 1.39. The summed E-state index contributed by atoms with van der Waals surface area (Å²) in [7, 11) is 0. The van der Waals surface area contributed by atoms with Crippen molar-refractivity contribution in [1.29, 1.82) is 0 Å². The summed E-state index contributed by atoms with van der Waals surface area (Å²) in [5.41, 5.74) is 0.584. The monoisotopic (exact) mass is 452 g/mol. The first-order valence-corrected chi connectivity index (χ1v) is 10.7. The first-order chi connectivity index (χ1) is 14.1. The van der Waals surface area contributed by atoms with Gasteiger partial charge in [0.05, 0.1) is 12.9 Å². The lowest BCUT2D eigenvalue weighted by molar-refractivity contribution is 0.0331. The fourth-order valence-electron chi connectivity index (χ4n) is 2.87. The summed E-state index contributed by atoms with van der Waals surface area (Å²) in [6.45, 7) is 1.27. The highest BCUT2D eigenvalue weighted by Gasteiger charge is 2.23. The van der Waals surface area contributed by atoms with Crippen LogP contribution in [0.15, 0.2) is 67.3 Å². The molecule has 0 fully saturated rings. The van der Waals surface area contributed by atoms with E-state index in [1.165, 1.54) is 0 Å². The smallest absolute Gasteiger partial charge is 0.139 e. The molecule has 0 aliphatic rings. The molecule has 1 heterocycles. The Kier molecular flexibility index (Phi) is 8.69. The molecule has 29 heavy (non-hydrogen) atoms. The van der Waals surface area contributed by atoms with Crippen LogP contribution in [0.3, 0.4) is 0 Å². The number of benzene rings is 2. The molecule has 2 unspecified atom stereocenters. The van der Waals surface area contributed by atoms with Crippen LogP contribution in [0, 0.1) is 0 Å². The van der Waals surface area contributed by atoms with Crippen LogP contribution in [-0.4, -0.2) is 22.8 Å². The maximum absolute atomic E-state index is 6.66. The Morgan fingerprint density at radius 3 is 2.17 bits per heavy atom. The maximum Gasteiger partial charge on any atom is 0.139 e. The number of imidazole rings is 1. The van der Waals surface area contributed by atoms with Crippen molar-refractivity contribution in [3.05, 3.63) is 82.9 Å². The van der Waals surface area contributed by atoms with Gasteiger partial charge in [0, 0.05) is 29.0 Å². The lowest BCUT2D eigenvalue weighted by atomic mass is 10.1. The molecule has 2 atom stereocenters. The average Bonchev–Trinajstić information content (AvgIpc) is 3.27. The average molecular weight is 454 g/mol. The third kappa shape index (κ3) is 6.93. The van der Waals surface area contributed by atoms with Gasteiger partial charge in [0.1, 0.15) is 17.4 Å². The van der Waals surface area contributed by atoms with Crippen LogP contribution in [-0.2, 0) is 4.74 Å². The second-order valence-corrected chi connectivity index (χ2v) is 7.91. The Bertz CT molecular complexity index is 840. The second kappa shape index (κ2) is 11.5. The highest BCUT2D eigenvalue weighted by molar-refractivity contribution is 6.30. The van der Waals surface area contributed by atoms with E-state index < -0.39 is 5.50 Å². The molecular weight excluding hydrogens is 431 g/mol. The number of rotatable bonds is 11. The van der Waals surface area contributed by atoms with Gasteiger partial charge in [-0.05, 0) is 61.2 Å². The molecule has 154 valence electrons. The van der Waals surface area contributed by atoms with E-state index in [-0.39, 0.29) is 6.10 Å². The van der Waals surface area contributed by atoms with Gasteiger partial charge in [-0.1, -0.05) is 46.9 Å². The van der Waals surface area contributed by atoms with Crippen LogP contribution in [0.25, 0.3) is 0 Å². The zero-order chi connectivity index (χ0) is 20.5. The molecule has 0 bridgehead atoms. The van der Waals surface area contributed by atoms with Gasteiger partial charge < -0.3 is 14.0 Å². The number of hydrogen-bond acceptors (Lipinski definition) is 3. The fourth-order valence-corrected chi connectivity index (χ4v) is 3.46. The van der Waals surface area contributed by atoms with Gasteiger partial charge in [-0.3, -0.25) is 0 Å². The van der Waals surface area contributed by atoms with Crippen molar-refractivity contribution >= 4 is 34.8 Å². The summed E-state index contributed by atoms with van der Waals surface area (Å²) in [6, 6.07) is 15.0. The Morgan fingerprint density at radius 2 is 1.52 bits per heavy atom. The lowest BCUT2D eigenvalue weighted by Gasteiger charge is -2.24. The van der Waals surface area contributed by atoms with Crippen LogP contribution >= 0.6 is 34.8 Å². The molecule has 0 amide bonds. The van der Waals surface area contributed by atoms with Crippen molar-refractivity contribution in [2.45, 2.75) is 30.9 Å². The van der Waals surface area contributed by atoms with Crippen molar-refractivity contribution in [3.63, 3.8) is 0 Å². The summed E-state index contributed by atoms with van der Waals surface area (Å²) in [5.74, 6) is 0.832. The maximum atomic E-state index is 6.66. The molecule has 0 saturated heterocycles. The molecule has 1 aromatic heterocycles. The Hall–Kier alpha value is -1.72. The number of hydrogen-bond donors (Lipinski definition) is 0. The lowest BCUT2D eigenvalue weighted by Crippen LogP contribution is -2.16. The van der Waals surface area contributed by atoms with E-state index in [4.69, 9.17) is 44.3 Å². The van der Waals surface area contributed by atoms with Crippen LogP contribution < -0.4 is 4.74 Å². The van der Waals surface area contributed by atoms with Crippen molar-refractivity contribution in [3.8, 4) is 5.75 Å². The molecule has 4 nitrogen and oxygen atoms in total. The van der Waals surface area contributed by atoms with Crippen LogP contribution in [0.1, 0.15) is 36.4 Å². The summed E-state index contributed by atoms with van der Waals surface area (Å²) in [6.07, 6.45) is 7.79. The van der Waals surface area contributed by atoms with E-state index in [2.05, 4.69) is 4.98 Å². The van der Waals surface area contributed by atoms with Crippen molar-refractivity contribution in [2.24, 2.45) is 0 Å². The van der Waals surface area contributed by atoms with Gasteiger partial charge in [-0.2, -0.15) is 0 Å². The van der Waals surface area contributed by atoms with E-state index in [0.29, 0.717) is 23.3 Å². The summed E-state index contributed by atoms with van der Waals surface area (Å²) < 4.78 is 13.7. The molecule has 0 aliphatic heterocycles. The van der Waals surface area contributed by atoms with Crippen LogP contribution in [0.2, 0.25) is 10.0 Å². The van der Waals surface area contributed by atoms with E-state index in [1.54, 1.807) is 12.5 Å². The van der Waals surface area contributed by atoms with Crippen molar-refractivity contribution < 1.29 is 9.47 Å². The number of ether oxygens (including phenoxy) is 2.